The number of carbonyl (C=O) groups is 1. The molecule has 1 fully saturated rings. The van der Waals surface area contributed by atoms with Crippen LogP contribution in [0.5, 0.6) is 11.5 Å². The van der Waals surface area contributed by atoms with Crippen molar-refractivity contribution >= 4 is 23.5 Å². The molecule has 2 N–H and O–H groups in total. The van der Waals surface area contributed by atoms with Gasteiger partial charge in [0.15, 0.2) is 17.5 Å². The third kappa shape index (κ3) is 5.22. The molecule has 7 nitrogen and oxygen atoms in total. The van der Waals surface area contributed by atoms with Crippen molar-refractivity contribution in [2.75, 3.05) is 32.8 Å². The highest BCUT2D eigenvalue weighted by Gasteiger charge is 2.25. The number of nitrogens with one attached hydrogen (secondary N) is 2. The molecule has 2 aliphatic rings. The summed E-state index contributed by atoms with van der Waals surface area (Å²) in [6.45, 7) is 7.90. The van der Waals surface area contributed by atoms with Crippen molar-refractivity contribution in [3.05, 3.63) is 22.7 Å². The second-order valence-electron chi connectivity index (χ2n) is 6.97. The molecule has 1 aromatic rings. The van der Waals surface area contributed by atoms with Crippen LogP contribution in [0.4, 0.5) is 0 Å². The standard InChI is InChI=1S/C20H29ClN4O3/c1-3-18(26)25-7-6-15(13-25)24-20(22-4-2)23-12-14-10-16(21)19-17(11-14)27-8-5-9-28-19/h10-11,15H,3-9,12-13H2,1-2H3,(H2,22,23,24). The van der Waals surface area contributed by atoms with Gasteiger partial charge in [0.25, 0.3) is 0 Å². The van der Waals surface area contributed by atoms with Crippen LogP contribution in [0.25, 0.3) is 0 Å². The summed E-state index contributed by atoms with van der Waals surface area (Å²) in [5, 5.41) is 7.26. The van der Waals surface area contributed by atoms with Gasteiger partial charge in [0, 0.05) is 38.5 Å². The molecule has 154 valence electrons. The number of fused-ring (bicyclic) bond motifs is 1. The van der Waals surface area contributed by atoms with Gasteiger partial charge in [-0.2, -0.15) is 0 Å². The minimum absolute atomic E-state index is 0.202. The van der Waals surface area contributed by atoms with Gasteiger partial charge in [-0.1, -0.05) is 18.5 Å². The third-order valence-corrected chi connectivity index (χ3v) is 5.09. The lowest BCUT2D eigenvalue weighted by atomic mass is 10.2. The van der Waals surface area contributed by atoms with Gasteiger partial charge in [-0.25, -0.2) is 4.99 Å². The maximum absolute atomic E-state index is 11.9. The Balaban J connectivity index is 1.65. The van der Waals surface area contributed by atoms with Crippen molar-refractivity contribution in [3.63, 3.8) is 0 Å². The molecule has 1 amide bonds. The quantitative estimate of drug-likeness (QED) is 0.578. The second kappa shape index (κ2) is 9.87. The van der Waals surface area contributed by atoms with Crippen molar-refractivity contribution in [1.29, 1.82) is 0 Å². The van der Waals surface area contributed by atoms with E-state index in [-0.39, 0.29) is 11.9 Å². The Morgan fingerprint density at radius 3 is 2.93 bits per heavy atom. The van der Waals surface area contributed by atoms with Gasteiger partial charge in [0.1, 0.15) is 0 Å². The molecule has 28 heavy (non-hydrogen) atoms. The number of nitrogens with zero attached hydrogens (tertiary/aromatic N) is 2. The lowest BCUT2D eigenvalue weighted by Gasteiger charge is -2.18. The van der Waals surface area contributed by atoms with Gasteiger partial charge in [0.05, 0.1) is 24.8 Å². The summed E-state index contributed by atoms with van der Waals surface area (Å²) in [6, 6.07) is 4.02. The van der Waals surface area contributed by atoms with Crippen LogP contribution in [-0.2, 0) is 11.3 Å². The Labute approximate surface area is 171 Å². The molecule has 2 heterocycles. The first kappa shape index (κ1) is 20.6. The molecule has 1 unspecified atom stereocenters. The van der Waals surface area contributed by atoms with Gasteiger partial charge in [0.2, 0.25) is 5.91 Å². The van der Waals surface area contributed by atoms with Crippen molar-refractivity contribution in [2.24, 2.45) is 4.99 Å². The van der Waals surface area contributed by atoms with Crippen LogP contribution in [0.15, 0.2) is 17.1 Å². The summed E-state index contributed by atoms with van der Waals surface area (Å²) < 4.78 is 11.4. The molecule has 1 saturated heterocycles. The molecule has 8 heteroatoms. The van der Waals surface area contributed by atoms with Gasteiger partial charge < -0.3 is 25.0 Å². The van der Waals surface area contributed by atoms with Crippen molar-refractivity contribution in [3.8, 4) is 11.5 Å². The molecule has 0 aliphatic carbocycles. The van der Waals surface area contributed by atoms with Gasteiger partial charge in [-0.15, -0.1) is 0 Å². The highest BCUT2D eigenvalue weighted by molar-refractivity contribution is 6.32. The van der Waals surface area contributed by atoms with Crippen LogP contribution >= 0.6 is 11.6 Å². The second-order valence-corrected chi connectivity index (χ2v) is 7.38. The monoisotopic (exact) mass is 408 g/mol. The largest absolute Gasteiger partial charge is 0.489 e. The number of guanidine groups is 1. The molecule has 0 aromatic heterocycles. The van der Waals surface area contributed by atoms with Crippen molar-refractivity contribution in [1.82, 2.24) is 15.5 Å². The number of carbonyl (C=O) groups excluding carboxylic acids is 1. The maximum Gasteiger partial charge on any atom is 0.222 e. The fourth-order valence-electron chi connectivity index (χ4n) is 3.39. The van der Waals surface area contributed by atoms with E-state index >= 15 is 0 Å². The highest BCUT2D eigenvalue weighted by Crippen LogP contribution is 2.38. The zero-order valence-electron chi connectivity index (χ0n) is 16.6. The number of benzene rings is 1. The predicted octanol–water partition coefficient (Wildman–Crippen LogP) is 2.57. The fourth-order valence-corrected chi connectivity index (χ4v) is 3.68. The van der Waals surface area contributed by atoms with E-state index in [4.69, 9.17) is 21.1 Å². The van der Waals surface area contributed by atoms with E-state index in [1.165, 1.54) is 0 Å². The molecule has 3 rings (SSSR count). The molecular weight excluding hydrogens is 380 g/mol. The lowest BCUT2D eigenvalue weighted by molar-refractivity contribution is -0.129. The maximum atomic E-state index is 11.9. The Hall–Kier alpha value is -2.15. The van der Waals surface area contributed by atoms with Crippen molar-refractivity contribution in [2.45, 2.75) is 45.7 Å². The van der Waals surface area contributed by atoms with E-state index in [9.17, 15) is 4.79 Å². The van der Waals surface area contributed by atoms with Crippen LogP contribution in [-0.4, -0.2) is 55.7 Å². The van der Waals surface area contributed by atoms with Crippen LogP contribution in [0.1, 0.15) is 38.7 Å². The average Bonchev–Trinajstić information content (AvgIpc) is 3.02. The van der Waals surface area contributed by atoms with E-state index < -0.39 is 0 Å². The first-order chi connectivity index (χ1) is 13.6. The molecule has 1 aromatic carbocycles. The van der Waals surface area contributed by atoms with Crippen LogP contribution in [0.3, 0.4) is 0 Å². The highest BCUT2D eigenvalue weighted by atomic mass is 35.5. The number of halogens is 1. The third-order valence-electron chi connectivity index (χ3n) is 4.81. The van der Waals surface area contributed by atoms with E-state index in [0.717, 1.165) is 37.5 Å². The van der Waals surface area contributed by atoms with E-state index in [0.29, 0.717) is 49.2 Å². The fraction of sp³-hybridized carbons (Fsp3) is 0.600. The molecule has 1 atom stereocenters. The molecule has 0 spiro atoms. The molecule has 0 radical (unpaired) electrons. The summed E-state index contributed by atoms with van der Waals surface area (Å²) in [6.07, 6.45) is 2.31. The molecule has 2 aliphatic heterocycles. The number of rotatable bonds is 5. The zero-order chi connectivity index (χ0) is 19.9. The Kier molecular flexibility index (Phi) is 7.25. The van der Waals surface area contributed by atoms with Gasteiger partial charge in [-0.3, -0.25) is 4.79 Å². The van der Waals surface area contributed by atoms with Gasteiger partial charge in [-0.05, 0) is 31.0 Å². The zero-order valence-corrected chi connectivity index (χ0v) is 17.3. The number of amides is 1. The number of likely N-dealkylation sites (tertiary alicyclic amines) is 1. The molecule has 0 saturated carbocycles. The summed E-state index contributed by atoms with van der Waals surface area (Å²) in [7, 11) is 0. The minimum atomic E-state index is 0.202. The Morgan fingerprint density at radius 2 is 2.14 bits per heavy atom. The number of hydrogen-bond donors (Lipinski definition) is 2. The first-order valence-electron chi connectivity index (χ1n) is 10.0. The topological polar surface area (TPSA) is 75.2 Å². The van der Waals surface area contributed by atoms with Crippen molar-refractivity contribution < 1.29 is 14.3 Å². The number of aliphatic imine (C=N–C) groups is 1. The Bertz CT molecular complexity index is 726. The SMILES string of the molecule is CCNC(=NCc1cc(Cl)c2c(c1)OCCCO2)NC1CCN(C(=O)CC)C1. The minimum Gasteiger partial charge on any atom is -0.489 e. The number of hydrogen-bond acceptors (Lipinski definition) is 4. The van der Waals surface area contributed by atoms with E-state index in [2.05, 4.69) is 15.6 Å². The van der Waals surface area contributed by atoms with Gasteiger partial charge >= 0.3 is 0 Å². The predicted molar refractivity (Wildman–Crippen MR) is 110 cm³/mol. The summed E-state index contributed by atoms with van der Waals surface area (Å²) in [5.41, 5.74) is 0.959. The number of ether oxygens (including phenoxy) is 2. The first-order valence-corrected chi connectivity index (χ1v) is 10.4. The summed E-state index contributed by atoms with van der Waals surface area (Å²) >= 11 is 6.37. The van der Waals surface area contributed by atoms with Crippen LogP contribution < -0.4 is 20.1 Å². The molecule has 0 bridgehead atoms. The summed E-state index contributed by atoms with van der Waals surface area (Å²) in [4.78, 5) is 18.5. The van der Waals surface area contributed by atoms with Crippen LogP contribution in [0.2, 0.25) is 5.02 Å². The smallest absolute Gasteiger partial charge is 0.222 e. The Morgan fingerprint density at radius 1 is 1.32 bits per heavy atom. The summed E-state index contributed by atoms with van der Waals surface area (Å²) in [5.74, 6) is 2.23. The molecular formula is C20H29ClN4O3. The van der Waals surface area contributed by atoms with Crippen LogP contribution in [0, 0.1) is 0 Å². The average molecular weight is 409 g/mol. The van der Waals surface area contributed by atoms with E-state index in [1.807, 2.05) is 30.9 Å². The lowest BCUT2D eigenvalue weighted by Crippen LogP contribution is -2.45. The van der Waals surface area contributed by atoms with E-state index in [1.54, 1.807) is 0 Å². The normalized spacial score (nSPS) is 19.3.